The van der Waals surface area contributed by atoms with Crippen molar-refractivity contribution in [2.75, 3.05) is 45.8 Å². The van der Waals surface area contributed by atoms with Crippen molar-refractivity contribution >= 4 is 27.5 Å². The van der Waals surface area contributed by atoms with E-state index in [4.69, 9.17) is 20.6 Å². The molecule has 12 heteroatoms. The maximum absolute atomic E-state index is 16.7. The van der Waals surface area contributed by atoms with Crippen LogP contribution in [0.1, 0.15) is 31.7 Å². The summed E-state index contributed by atoms with van der Waals surface area (Å²) in [7, 11) is 2.93. The van der Waals surface area contributed by atoms with Crippen molar-refractivity contribution in [3.63, 3.8) is 0 Å². The summed E-state index contributed by atoms with van der Waals surface area (Å²) in [5, 5.41) is 14.4. The fourth-order valence-corrected chi connectivity index (χ4v) is 6.36. The molecule has 2 aromatic heterocycles. The lowest BCUT2D eigenvalue weighted by Crippen LogP contribution is -2.43. The molecule has 0 aliphatic carbocycles. The van der Waals surface area contributed by atoms with Gasteiger partial charge in [-0.05, 0) is 49.9 Å². The number of nitrogens with zero attached hydrogens (tertiary/aromatic N) is 4. The Kier molecular flexibility index (Phi) is 7.86. The number of terminal acetylenes is 1. The minimum Gasteiger partial charge on any atom is -0.508 e. The lowest BCUT2D eigenvalue weighted by Gasteiger charge is -2.30. The Labute approximate surface area is 252 Å². The van der Waals surface area contributed by atoms with Crippen molar-refractivity contribution in [1.29, 1.82) is 0 Å². The van der Waals surface area contributed by atoms with E-state index < -0.39 is 23.3 Å². The zero-order valence-corrected chi connectivity index (χ0v) is 24.6. The maximum atomic E-state index is 16.7. The Morgan fingerprint density at radius 1 is 1.20 bits per heavy atom. The zero-order chi connectivity index (χ0) is 31.2. The van der Waals surface area contributed by atoms with Gasteiger partial charge in [-0.3, -0.25) is 4.90 Å². The number of methoxy groups -OCH3 is 2. The van der Waals surface area contributed by atoms with Crippen molar-refractivity contribution in [2.45, 2.75) is 44.0 Å². The molecule has 2 fully saturated rings. The third kappa shape index (κ3) is 5.10. The van der Waals surface area contributed by atoms with E-state index in [-0.39, 0.29) is 69.3 Å². The molecule has 0 unspecified atom stereocenters. The van der Waals surface area contributed by atoms with Crippen LogP contribution in [0.4, 0.5) is 19.0 Å². The number of phenols is 1. The number of benzene rings is 2. The molecule has 0 bridgehead atoms. The monoisotopic (exact) mass is 607 g/mol. The molecule has 44 heavy (non-hydrogen) atoms. The van der Waals surface area contributed by atoms with Gasteiger partial charge in [0.2, 0.25) is 5.88 Å². The van der Waals surface area contributed by atoms with Crippen molar-refractivity contribution in [2.24, 2.45) is 0 Å². The van der Waals surface area contributed by atoms with Gasteiger partial charge in [0.1, 0.15) is 46.8 Å². The molecule has 2 aromatic carbocycles. The molecule has 230 valence electrons. The number of ether oxygens (including phenoxy) is 3. The summed E-state index contributed by atoms with van der Waals surface area (Å²) < 4.78 is 62.9. The first-order valence-electron chi connectivity index (χ1n) is 14.3. The highest BCUT2D eigenvalue weighted by Crippen LogP contribution is 2.43. The van der Waals surface area contributed by atoms with Gasteiger partial charge in [0.25, 0.3) is 0 Å². The van der Waals surface area contributed by atoms with E-state index in [1.54, 1.807) is 7.11 Å². The molecular weight excluding hydrogens is 575 g/mol. The highest BCUT2D eigenvalue weighted by Gasteiger charge is 2.49. The van der Waals surface area contributed by atoms with Crippen LogP contribution in [0.2, 0.25) is 0 Å². The second-order valence-corrected chi connectivity index (χ2v) is 11.3. The minimum atomic E-state index is -0.950. The van der Waals surface area contributed by atoms with Gasteiger partial charge in [0.05, 0.1) is 24.3 Å². The van der Waals surface area contributed by atoms with Crippen LogP contribution in [0.5, 0.6) is 17.6 Å². The number of hydrogen-bond acceptors (Lipinski definition) is 9. The molecule has 9 nitrogen and oxygen atoms in total. The second kappa shape index (κ2) is 11.6. The van der Waals surface area contributed by atoms with Crippen LogP contribution in [-0.2, 0) is 4.74 Å². The van der Waals surface area contributed by atoms with Gasteiger partial charge in [-0.15, -0.1) is 6.42 Å². The first kappa shape index (κ1) is 29.7. The van der Waals surface area contributed by atoms with Gasteiger partial charge >= 0.3 is 6.01 Å². The number of aromatic nitrogens is 3. The lowest BCUT2D eigenvalue weighted by molar-refractivity contribution is 0.107. The van der Waals surface area contributed by atoms with E-state index in [2.05, 4.69) is 31.1 Å². The van der Waals surface area contributed by atoms with Crippen LogP contribution in [0.3, 0.4) is 0 Å². The van der Waals surface area contributed by atoms with Gasteiger partial charge in [-0.25, -0.2) is 18.2 Å². The molecule has 3 atom stereocenters. The summed E-state index contributed by atoms with van der Waals surface area (Å²) in [4.78, 5) is 15.5. The number of halogens is 3. The number of aromatic hydroxyl groups is 1. The Morgan fingerprint density at radius 3 is 2.77 bits per heavy atom. The number of alkyl halides is 1. The van der Waals surface area contributed by atoms with Gasteiger partial charge in [-0.1, -0.05) is 12.0 Å². The molecule has 0 saturated carbocycles. The van der Waals surface area contributed by atoms with Crippen molar-refractivity contribution in [3.8, 4) is 41.2 Å². The van der Waals surface area contributed by atoms with Crippen LogP contribution in [0, 0.1) is 24.0 Å². The van der Waals surface area contributed by atoms with E-state index in [1.807, 2.05) is 6.92 Å². The number of rotatable bonds is 9. The number of hydrogen-bond donors (Lipinski definition) is 2. The maximum Gasteiger partial charge on any atom is 0.319 e. The molecular formula is C32H32F3N5O4. The van der Waals surface area contributed by atoms with E-state index in [1.165, 1.54) is 31.4 Å². The van der Waals surface area contributed by atoms with Crippen LogP contribution < -0.4 is 14.8 Å². The first-order chi connectivity index (χ1) is 21.2. The summed E-state index contributed by atoms with van der Waals surface area (Å²) in [5.41, 5.74) is -0.992. The quantitative estimate of drug-likeness (QED) is 0.248. The number of fused-ring (bicyclic) bond motifs is 3. The predicted octanol–water partition coefficient (Wildman–Crippen LogP) is 5.22. The van der Waals surface area contributed by atoms with E-state index >= 15 is 4.39 Å². The second-order valence-electron chi connectivity index (χ2n) is 11.3. The molecule has 6 rings (SSSR count). The van der Waals surface area contributed by atoms with E-state index in [0.717, 1.165) is 19.4 Å². The summed E-state index contributed by atoms with van der Waals surface area (Å²) >= 11 is 0. The summed E-state index contributed by atoms with van der Waals surface area (Å²) in [6.45, 7) is 3.41. The molecule has 0 amide bonds. The van der Waals surface area contributed by atoms with Crippen LogP contribution in [-0.4, -0.2) is 83.2 Å². The smallest absolute Gasteiger partial charge is 0.319 e. The molecule has 4 aromatic rings. The van der Waals surface area contributed by atoms with Gasteiger partial charge in [0.15, 0.2) is 5.82 Å². The third-order valence-corrected chi connectivity index (χ3v) is 8.57. The Hall–Kier alpha value is -4.34. The van der Waals surface area contributed by atoms with Crippen molar-refractivity contribution in [1.82, 2.24) is 19.9 Å². The topological polar surface area (TPSA) is 102 Å². The predicted molar refractivity (Wildman–Crippen MR) is 160 cm³/mol. The molecule has 0 spiro atoms. The first-order valence-corrected chi connectivity index (χ1v) is 14.3. The van der Waals surface area contributed by atoms with Crippen molar-refractivity contribution in [3.05, 3.63) is 41.5 Å². The molecule has 4 heterocycles. The molecule has 2 aliphatic heterocycles. The van der Waals surface area contributed by atoms with Crippen LogP contribution >= 0.6 is 0 Å². The highest BCUT2D eigenvalue weighted by molar-refractivity contribution is 6.04. The lowest BCUT2D eigenvalue weighted by atomic mass is 9.95. The normalized spacial score (nSPS) is 20.5. The van der Waals surface area contributed by atoms with Crippen LogP contribution in [0.25, 0.3) is 32.9 Å². The third-order valence-electron chi connectivity index (χ3n) is 8.57. The molecule has 2 N–H and O–H groups in total. The summed E-state index contributed by atoms with van der Waals surface area (Å²) in [6.07, 6.45) is 6.51. The summed E-state index contributed by atoms with van der Waals surface area (Å²) in [6, 6.07) is 5.16. The molecule has 2 saturated heterocycles. The summed E-state index contributed by atoms with van der Waals surface area (Å²) in [5.74, 6) is 0.726. The molecule has 0 radical (unpaired) electrons. The van der Waals surface area contributed by atoms with Gasteiger partial charge in [0, 0.05) is 37.6 Å². The zero-order valence-electron chi connectivity index (χ0n) is 24.6. The van der Waals surface area contributed by atoms with Crippen LogP contribution in [0.15, 0.2) is 24.3 Å². The Bertz CT molecular complexity index is 1800. The fourth-order valence-electron chi connectivity index (χ4n) is 6.36. The average Bonchev–Trinajstić information content (AvgIpc) is 3.54. The molecule has 2 aliphatic rings. The Balaban J connectivity index is 1.54. The van der Waals surface area contributed by atoms with Crippen molar-refractivity contribution < 1.29 is 32.5 Å². The average molecular weight is 608 g/mol. The van der Waals surface area contributed by atoms with E-state index in [0.29, 0.717) is 24.9 Å². The highest BCUT2D eigenvalue weighted by atomic mass is 19.1. The Morgan fingerprint density at radius 2 is 2.02 bits per heavy atom. The largest absolute Gasteiger partial charge is 0.508 e. The number of pyridine rings is 1. The number of anilines is 1. The van der Waals surface area contributed by atoms with Gasteiger partial charge in [-0.2, -0.15) is 9.97 Å². The van der Waals surface area contributed by atoms with E-state index in [9.17, 15) is 13.9 Å². The van der Waals surface area contributed by atoms with Gasteiger partial charge < -0.3 is 24.6 Å². The SMILES string of the molecule is C#Cc1c(F)ccc2cc(O)cc(-c3nc(OC)c4c(NC[C@H](C)OC)nc(OC[C@@]56CCCN5C[C@H](F)C6)nc4c3F)c12. The number of nitrogens with one attached hydrogen (secondary N) is 1. The minimum absolute atomic E-state index is 0.0256. The number of phenolic OH excluding ortho intramolecular Hbond substituents is 1. The standard InChI is InChI=1S/C32H32F3N5O4/c1-5-21-23(34)8-7-18-11-20(41)12-22(24(18)21)27-26(35)28-25(30(37-27)43-4)29(36-14-17(2)42-3)39-31(38-28)44-16-32-9-6-10-40(32)15-19(33)13-32/h1,7-8,11-12,17,19,41H,6,9-10,13-16H2,2-4H3,(H,36,38,39)/t17-,19+,32-/m0/s1. The fraction of sp³-hybridized carbons (Fsp3) is 0.406.